The van der Waals surface area contributed by atoms with Crippen LogP contribution in [-0.2, 0) is 6.42 Å². The van der Waals surface area contributed by atoms with Gasteiger partial charge in [0.2, 0.25) is 0 Å². The maximum Gasteiger partial charge on any atom is 0.126 e. The molecule has 1 aromatic rings. The highest BCUT2D eigenvalue weighted by Crippen LogP contribution is 2.14. The molecule has 1 saturated heterocycles. The first-order valence-electron chi connectivity index (χ1n) is 6.92. The van der Waals surface area contributed by atoms with Gasteiger partial charge in [0, 0.05) is 12.6 Å². The summed E-state index contributed by atoms with van der Waals surface area (Å²) in [7, 11) is 2.20. The van der Waals surface area contributed by atoms with E-state index in [0.717, 1.165) is 25.1 Å². The third-order valence-corrected chi connectivity index (χ3v) is 3.83. The van der Waals surface area contributed by atoms with Crippen LogP contribution in [0, 0.1) is 5.82 Å². The van der Waals surface area contributed by atoms with Crippen molar-refractivity contribution in [2.24, 2.45) is 0 Å². The Morgan fingerprint density at radius 3 is 2.94 bits per heavy atom. The summed E-state index contributed by atoms with van der Waals surface area (Å²) in [4.78, 5) is 2.43. The molecule has 1 heterocycles. The van der Waals surface area contributed by atoms with E-state index in [9.17, 15) is 4.39 Å². The lowest BCUT2D eigenvalue weighted by molar-refractivity contribution is 0.182. The summed E-state index contributed by atoms with van der Waals surface area (Å²) < 4.78 is 13.4. The van der Waals surface area contributed by atoms with Gasteiger partial charge in [0.1, 0.15) is 5.82 Å². The summed E-state index contributed by atoms with van der Waals surface area (Å²) in [6, 6.07) is 7.68. The summed E-state index contributed by atoms with van der Waals surface area (Å²) >= 11 is 0. The molecule has 0 saturated carbocycles. The van der Waals surface area contributed by atoms with Gasteiger partial charge in [0.05, 0.1) is 0 Å². The average Bonchev–Trinajstić information content (AvgIpc) is 2.38. The molecule has 3 heteroatoms. The van der Waals surface area contributed by atoms with E-state index in [1.54, 1.807) is 6.07 Å². The SMILES string of the molecule is CN1CCCCC1CNCCc1ccccc1F. The summed E-state index contributed by atoms with van der Waals surface area (Å²) in [6.45, 7) is 3.08. The van der Waals surface area contributed by atoms with E-state index in [1.165, 1.54) is 31.9 Å². The second-order valence-corrected chi connectivity index (χ2v) is 5.18. The summed E-state index contributed by atoms with van der Waals surface area (Å²) in [5.74, 6) is -0.0888. The molecule has 0 radical (unpaired) electrons. The number of rotatable bonds is 5. The fourth-order valence-corrected chi connectivity index (χ4v) is 2.59. The molecule has 0 bridgehead atoms. The van der Waals surface area contributed by atoms with Crippen LogP contribution in [0.4, 0.5) is 4.39 Å². The van der Waals surface area contributed by atoms with Gasteiger partial charge >= 0.3 is 0 Å². The van der Waals surface area contributed by atoms with E-state index in [2.05, 4.69) is 17.3 Å². The molecule has 0 aliphatic carbocycles. The Labute approximate surface area is 109 Å². The highest BCUT2D eigenvalue weighted by molar-refractivity contribution is 5.17. The summed E-state index contributed by atoms with van der Waals surface area (Å²) in [6.07, 6.45) is 4.71. The van der Waals surface area contributed by atoms with Crippen LogP contribution in [0.3, 0.4) is 0 Å². The summed E-state index contributed by atoms with van der Waals surface area (Å²) in [5.41, 5.74) is 0.807. The predicted octanol–water partition coefficient (Wildman–Crippen LogP) is 2.44. The lowest BCUT2D eigenvalue weighted by Crippen LogP contribution is -2.43. The van der Waals surface area contributed by atoms with Gasteiger partial charge in [-0.2, -0.15) is 0 Å². The maximum absolute atomic E-state index is 13.4. The standard InChI is InChI=1S/C15H23FN2/c1-18-11-5-4-7-14(18)12-17-10-9-13-6-2-3-8-15(13)16/h2-3,6,8,14,17H,4-5,7,9-12H2,1H3. The first-order valence-corrected chi connectivity index (χ1v) is 6.92. The van der Waals surface area contributed by atoms with Gasteiger partial charge in [-0.15, -0.1) is 0 Å². The molecule has 1 aromatic carbocycles. The topological polar surface area (TPSA) is 15.3 Å². The van der Waals surface area contributed by atoms with Gasteiger partial charge in [-0.3, -0.25) is 0 Å². The molecule has 0 amide bonds. The van der Waals surface area contributed by atoms with Crippen LogP contribution in [-0.4, -0.2) is 37.6 Å². The number of hydrogen-bond donors (Lipinski definition) is 1. The first-order chi connectivity index (χ1) is 8.77. The van der Waals surface area contributed by atoms with Crippen molar-refractivity contribution in [2.75, 3.05) is 26.7 Å². The summed E-state index contributed by atoms with van der Waals surface area (Å²) in [5, 5.41) is 3.45. The largest absolute Gasteiger partial charge is 0.315 e. The second kappa shape index (κ2) is 6.86. The molecular formula is C15H23FN2. The zero-order valence-electron chi connectivity index (χ0n) is 11.2. The highest BCUT2D eigenvalue weighted by Gasteiger charge is 2.17. The van der Waals surface area contributed by atoms with Gasteiger partial charge in [0.25, 0.3) is 0 Å². The molecule has 2 rings (SSSR count). The van der Waals surface area contributed by atoms with Crippen LogP contribution in [0.2, 0.25) is 0 Å². The predicted molar refractivity (Wildman–Crippen MR) is 73.2 cm³/mol. The van der Waals surface area contributed by atoms with Crippen molar-refractivity contribution < 1.29 is 4.39 Å². The minimum atomic E-state index is -0.0888. The molecule has 100 valence electrons. The van der Waals surface area contributed by atoms with E-state index in [0.29, 0.717) is 6.04 Å². The fourth-order valence-electron chi connectivity index (χ4n) is 2.59. The van der Waals surface area contributed by atoms with Crippen molar-refractivity contribution in [1.82, 2.24) is 10.2 Å². The number of piperidine rings is 1. The minimum absolute atomic E-state index is 0.0888. The second-order valence-electron chi connectivity index (χ2n) is 5.18. The minimum Gasteiger partial charge on any atom is -0.315 e. The Morgan fingerprint density at radius 2 is 2.17 bits per heavy atom. The fraction of sp³-hybridized carbons (Fsp3) is 0.600. The number of halogens is 1. The molecule has 1 aliphatic rings. The molecule has 18 heavy (non-hydrogen) atoms. The number of benzene rings is 1. The zero-order valence-corrected chi connectivity index (χ0v) is 11.2. The molecule has 0 aromatic heterocycles. The smallest absolute Gasteiger partial charge is 0.126 e. The van der Waals surface area contributed by atoms with Gasteiger partial charge in [0.15, 0.2) is 0 Å². The molecule has 2 nitrogen and oxygen atoms in total. The van der Waals surface area contributed by atoms with Crippen LogP contribution >= 0.6 is 0 Å². The van der Waals surface area contributed by atoms with E-state index < -0.39 is 0 Å². The van der Waals surface area contributed by atoms with Gasteiger partial charge in [-0.05, 0) is 51.0 Å². The number of hydrogen-bond acceptors (Lipinski definition) is 2. The van der Waals surface area contributed by atoms with Gasteiger partial charge in [-0.25, -0.2) is 4.39 Å². The third-order valence-electron chi connectivity index (χ3n) is 3.83. The molecule has 1 atom stereocenters. The van der Waals surface area contributed by atoms with Crippen molar-refractivity contribution in [3.63, 3.8) is 0 Å². The van der Waals surface area contributed by atoms with Crippen molar-refractivity contribution in [2.45, 2.75) is 31.7 Å². The molecule has 1 unspecified atom stereocenters. The Bertz CT molecular complexity index is 367. The Kier molecular flexibility index (Phi) is 5.14. The maximum atomic E-state index is 13.4. The number of nitrogens with zero attached hydrogens (tertiary/aromatic N) is 1. The lowest BCUT2D eigenvalue weighted by atomic mass is 10.0. The third kappa shape index (κ3) is 3.79. The molecule has 1 N–H and O–H groups in total. The first kappa shape index (κ1) is 13.5. The van der Waals surface area contributed by atoms with Crippen molar-refractivity contribution in [3.8, 4) is 0 Å². The van der Waals surface area contributed by atoms with Crippen LogP contribution < -0.4 is 5.32 Å². The van der Waals surface area contributed by atoms with Crippen LogP contribution in [0.5, 0.6) is 0 Å². The van der Waals surface area contributed by atoms with Crippen LogP contribution in [0.25, 0.3) is 0 Å². The van der Waals surface area contributed by atoms with Gasteiger partial charge < -0.3 is 10.2 Å². The van der Waals surface area contributed by atoms with Crippen LogP contribution in [0.1, 0.15) is 24.8 Å². The zero-order chi connectivity index (χ0) is 12.8. The molecule has 1 aliphatic heterocycles. The van der Waals surface area contributed by atoms with E-state index in [1.807, 2.05) is 12.1 Å². The lowest BCUT2D eigenvalue weighted by Gasteiger charge is -2.32. The number of likely N-dealkylation sites (tertiary alicyclic amines) is 1. The van der Waals surface area contributed by atoms with Crippen molar-refractivity contribution >= 4 is 0 Å². The Balaban J connectivity index is 1.68. The quantitative estimate of drug-likeness (QED) is 0.808. The van der Waals surface area contributed by atoms with E-state index in [4.69, 9.17) is 0 Å². The molecule has 1 fully saturated rings. The molecular weight excluding hydrogens is 227 g/mol. The molecule has 0 spiro atoms. The highest BCUT2D eigenvalue weighted by atomic mass is 19.1. The van der Waals surface area contributed by atoms with Crippen molar-refractivity contribution in [3.05, 3.63) is 35.6 Å². The Hall–Kier alpha value is -0.930. The van der Waals surface area contributed by atoms with Crippen LogP contribution in [0.15, 0.2) is 24.3 Å². The van der Waals surface area contributed by atoms with Crippen molar-refractivity contribution in [1.29, 1.82) is 0 Å². The number of nitrogens with one attached hydrogen (secondary N) is 1. The van der Waals surface area contributed by atoms with E-state index in [-0.39, 0.29) is 5.82 Å². The average molecular weight is 250 g/mol. The van der Waals surface area contributed by atoms with E-state index >= 15 is 0 Å². The number of likely N-dealkylation sites (N-methyl/N-ethyl adjacent to an activating group) is 1. The monoisotopic (exact) mass is 250 g/mol. The van der Waals surface area contributed by atoms with Gasteiger partial charge in [-0.1, -0.05) is 24.6 Å². The normalized spacial score (nSPS) is 21.1. The Morgan fingerprint density at radius 1 is 1.33 bits per heavy atom.